The summed E-state index contributed by atoms with van der Waals surface area (Å²) in [6, 6.07) is 4.49. The number of hydrogen-bond acceptors (Lipinski definition) is 6. The lowest BCUT2D eigenvalue weighted by Crippen LogP contribution is -2.54. The van der Waals surface area contributed by atoms with Crippen molar-refractivity contribution in [3.63, 3.8) is 0 Å². The van der Waals surface area contributed by atoms with Crippen LogP contribution in [0.25, 0.3) is 0 Å². The van der Waals surface area contributed by atoms with Crippen molar-refractivity contribution in [3.8, 4) is 5.75 Å². The summed E-state index contributed by atoms with van der Waals surface area (Å²) in [5.41, 5.74) is 0.900. The fourth-order valence-corrected chi connectivity index (χ4v) is 4.01. The molecule has 3 N–H and O–H groups in total. The van der Waals surface area contributed by atoms with Crippen molar-refractivity contribution in [1.29, 1.82) is 0 Å². The number of urea groups is 1. The van der Waals surface area contributed by atoms with Crippen molar-refractivity contribution in [1.82, 2.24) is 15.5 Å². The van der Waals surface area contributed by atoms with E-state index in [0.717, 1.165) is 0 Å². The summed E-state index contributed by atoms with van der Waals surface area (Å²) in [6.45, 7) is 3.51. The fraction of sp³-hybridized carbons (Fsp3) is 0.591. The Hall–Kier alpha value is -2.85. The zero-order valence-electron chi connectivity index (χ0n) is 18.8. The van der Waals surface area contributed by atoms with Crippen LogP contribution in [0.1, 0.15) is 36.5 Å². The predicted molar refractivity (Wildman–Crippen MR) is 118 cm³/mol. The molecular weight excluding hydrogens is 416 g/mol. The summed E-state index contributed by atoms with van der Waals surface area (Å²) < 4.78 is 17.0. The molecule has 2 aliphatic rings. The Labute approximate surface area is 187 Å². The number of rotatable bonds is 7. The standard InChI is InChI=1S/C22H32N4O6/c1-4-23-22(29)25-14-5-8-18-16(11-14)21(28)26(2)17-7-6-15(32-19(17)13-31-18)12-20(27)24-9-10-30-3/h5,8,11,15,17,19H,4,6-7,9-10,12-13H2,1-3H3,(H,24,27)(H2,23,25,29)/t15-,17-,19-/m0/s1. The van der Waals surface area contributed by atoms with Crippen LogP contribution in [0.4, 0.5) is 10.5 Å². The first kappa shape index (κ1) is 23.8. The van der Waals surface area contributed by atoms with Gasteiger partial charge in [0.1, 0.15) is 18.5 Å². The number of likely N-dealkylation sites (N-methyl/N-ethyl adjacent to an activating group) is 1. The number of nitrogens with one attached hydrogen (secondary N) is 3. The molecule has 1 aromatic carbocycles. The Morgan fingerprint density at radius 2 is 2.06 bits per heavy atom. The van der Waals surface area contributed by atoms with Crippen LogP contribution in [0, 0.1) is 0 Å². The normalized spacial score (nSPS) is 22.5. The van der Waals surface area contributed by atoms with Gasteiger partial charge in [0.15, 0.2) is 0 Å². The van der Waals surface area contributed by atoms with Gasteiger partial charge in [-0.25, -0.2) is 4.79 Å². The van der Waals surface area contributed by atoms with Crippen LogP contribution < -0.4 is 20.7 Å². The maximum Gasteiger partial charge on any atom is 0.319 e. The lowest BCUT2D eigenvalue weighted by Gasteiger charge is -2.42. The van der Waals surface area contributed by atoms with Crippen LogP contribution in [0.5, 0.6) is 5.75 Å². The van der Waals surface area contributed by atoms with Crippen molar-refractivity contribution in [2.75, 3.05) is 45.8 Å². The molecule has 1 saturated heterocycles. The highest BCUT2D eigenvalue weighted by atomic mass is 16.5. The molecule has 176 valence electrons. The lowest BCUT2D eigenvalue weighted by atomic mass is 9.94. The molecule has 10 heteroatoms. The van der Waals surface area contributed by atoms with Gasteiger partial charge in [0.05, 0.1) is 30.7 Å². The second-order valence-electron chi connectivity index (χ2n) is 7.91. The van der Waals surface area contributed by atoms with E-state index in [1.54, 1.807) is 37.3 Å². The van der Waals surface area contributed by atoms with Gasteiger partial charge in [0.2, 0.25) is 5.91 Å². The number of fused-ring (bicyclic) bond motifs is 2. The van der Waals surface area contributed by atoms with Crippen molar-refractivity contribution in [2.45, 2.75) is 44.4 Å². The van der Waals surface area contributed by atoms with E-state index in [-0.39, 0.29) is 49.1 Å². The Bertz CT molecular complexity index is 833. The molecule has 0 unspecified atom stereocenters. The van der Waals surface area contributed by atoms with E-state index in [2.05, 4.69) is 16.0 Å². The first-order chi connectivity index (χ1) is 15.4. The van der Waals surface area contributed by atoms with Crippen LogP contribution >= 0.6 is 0 Å². The minimum absolute atomic E-state index is 0.0841. The van der Waals surface area contributed by atoms with Crippen molar-refractivity contribution < 1.29 is 28.6 Å². The third-order valence-electron chi connectivity index (χ3n) is 5.65. The van der Waals surface area contributed by atoms with E-state index >= 15 is 0 Å². The molecule has 0 aromatic heterocycles. The van der Waals surface area contributed by atoms with E-state index in [4.69, 9.17) is 14.2 Å². The highest BCUT2D eigenvalue weighted by Gasteiger charge is 2.39. The van der Waals surface area contributed by atoms with Crippen LogP contribution in [0.2, 0.25) is 0 Å². The van der Waals surface area contributed by atoms with Gasteiger partial charge >= 0.3 is 6.03 Å². The van der Waals surface area contributed by atoms with Gasteiger partial charge in [0.25, 0.3) is 5.91 Å². The zero-order valence-corrected chi connectivity index (χ0v) is 18.8. The number of methoxy groups -OCH3 is 1. The molecule has 0 aliphatic carbocycles. The van der Waals surface area contributed by atoms with Crippen LogP contribution in [-0.4, -0.2) is 81.5 Å². The molecule has 32 heavy (non-hydrogen) atoms. The topological polar surface area (TPSA) is 118 Å². The van der Waals surface area contributed by atoms with Gasteiger partial charge in [-0.15, -0.1) is 0 Å². The molecule has 0 saturated carbocycles. The molecule has 4 amide bonds. The molecule has 0 bridgehead atoms. The van der Waals surface area contributed by atoms with Crippen LogP contribution in [0.15, 0.2) is 18.2 Å². The summed E-state index contributed by atoms with van der Waals surface area (Å²) in [5.74, 6) is 0.151. The summed E-state index contributed by atoms with van der Waals surface area (Å²) in [6.07, 6.45) is 1.07. The van der Waals surface area contributed by atoms with Gasteiger partial charge in [-0.05, 0) is 38.0 Å². The summed E-state index contributed by atoms with van der Waals surface area (Å²) in [7, 11) is 3.34. The molecule has 0 radical (unpaired) electrons. The van der Waals surface area contributed by atoms with Gasteiger partial charge in [-0.3, -0.25) is 9.59 Å². The van der Waals surface area contributed by atoms with E-state index in [9.17, 15) is 14.4 Å². The van der Waals surface area contributed by atoms with Crippen molar-refractivity contribution in [2.24, 2.45) is 0 Å². The monoisotopic (exact) mass is 448 g/mol. The average molecular weight is 449 g/mol. The molecule has 0 spiro atoms. The number of benzene rings is 1. The van der Waals surface area contributed by atoms with E-state index in [1.165, 1.54) is 0 Å². The first-order valence-electron chi connectivity index (χ1n) is 10.9. The molecule has 3 rings (SSSR count). The smallest absolute Gasteiger partial charge is 0.319 e. The number of nitrogens with zero attached hydrogens (tertiary/aromatic N) is 1. The third-order valence-corrected chi connectivity index (χ3v) is 5.65. The summed E-state index contributed by atoms with van der Waals surface area (Å²) in [4.78, 5) is 38.8. The molecule has 10 nitrogen and oxygen atoms in total. The number of carbonyl (C=O) groups excluding carboxylic acids is 3. The number of carbonyl (C=O) groups is 3. The predicted octanol–water partition coefficient (Wildman–Crippen LogP) is 1.36. The highest BCUT2D eigenvalue weighted by Crippen LogP contribution is 2.32. The quantitative estimate of drug-likeness (QED) is 0.542. The van der Waals surface area contributed by atoms with Crippen LogP contribution in [0.3, 0.4) is 0 Å². The number of anilines is 1. The summed E-state index contributed by atoms with van der Waals surface area (Å²) in [5, 5.41) is 8.18. The molecule has 1 fully saturated rings. The molecule has 2 heterocycles. The largest absolute Gasteiger partial charge is 0.490 e. The van der Waals surface area contributed by atoms with Gasteiger partial charge in [0, 0.05) is 32.9 Å². The van der Waals surface area contributed by atoms with Crippen molar-refractivity contribution in [3.05, 3.63) is 23.8 Å². The lowest BCUT2D eigenvalue weighted by molar-refractivity contribution is -0.134. The molecule has 2 aliphatic heterocycles. The van der Waals surface area contributed by atoms with E-state index < -0.39 is 0 Å². The Balaban J connectivity index is 1.67. The molecule has 1 aromatic rings. The fourth-order valence-electron chi connectivity index (χ4n) is 4.01. The second kappa shape index (κ2) is 11.1. The van der Waals surface area contributed by atoms with Gasteiger partial charge in [-0.1, -0.05) is 0 Å². The molecule has 3 atom stereocenters. The second-order valence-corrected chi connectivity index (χ2v) is 7.91. The highest BCUT2D eigenvalue weighted by molar-refractivity contribution is 5.99. The Kier molecular flexibility index (Phi) is 8.29. The Morgan fingerprint density at radius 1 is 1.25 bits per heavy atom. The maximum absolute atomic E-state index is 13.2. The minimum atomic E-state index is -0.337. The van der Waals surface area contributed by atoms with E-state index in [0.29, 0.717) is 49.5 Å². The number of hydrogen-bond donors (Lipinski definition) is 3. The van der Waals surface area contributed by atoms with Crippen molar-refractivity contribution >= 4 is 23.5 Å². The number of ether oxygens (including phenoxy) is 3. The maximum atomic E-state index is 13.2. The SMILES string of the molecule is CCNC(=O)Nc1ccc2c(c1)C(=O)N(C)[C@H]1CC[C@@H](CC(=O)NCCOC)O[C@H]1CO2. The van der Waals surface area contributed by atoms with Gasteiger partial charge < -0.3 is 35.1 Å². The van der Waals surface area contributed by atoms with E-state index in [1.807, 2.05) is 6.92 Å². The molecular formula is C22H32N4O6. The summed E-state index contributed by atoms with van der Waals surface area (Å²) >= 11 is 0. The van der Waals surface area contributed by atoms with Crippen LogP contribution in [-0.2, 0) is 14.3 Å². The first-order valence-corrected chi connectivity index (χ1v) is 10.9. The van der Waals surface area contributed by atoms with Gasteiger partial charge in [-0.2, -0.15) is 0 Å². The minimum Gasteiger partial charge on any atom is -0.490 e. The third kappa shape index (κ3) is 5.89. The Morgan fingerprint density at radius 3 is 2.81 bits per heavy atom. The zero-order chi connectivity index (χ0) is 23.1. The number of amides is 4. The average Bonchev–Trinajstić information content (AvgIpc) is 2.77.